The smallest absolute Gasteiger partial charge is 0.243 e. The summed E-state index contributed by atoms with van der Waals surface area (Å²) in [5.74, 6) is 0. The zero-order chi connectivity index (χ0) is 14.2. The van der Waals surface area contributed by atoms with E-state index in [4.69, 9.17) is 17.3 Å². The van der Waals surface area contributed by atoms with Gasteiger partial charge in [-0.2, -0.15) is 4.31 Å². The average molecular weight is 368 g/mol. The predicted molar refractivity (Wildman–Crippen MR) is 79.7 cm³/mol. The first-order chi connectivity index (χ1) is 8.82. The van der Waals surface area contributed by atoms with Crippen LogP contribution < -0.4 is 5.73 Å². The van der Waals surface area contributed by atoms with E-state index < -0.39 is 10.0 Å². The Morgan fingerprint density at radius 2 is 2.16 bits per heavy atom. The van der Waals surface area contributed by atoms with Crippen molar-refractivity contribution in [2.75, 3.05) is 6.54 Å². The second kappa shape index (κ2) is 5.69. The maximum absolute atomic E-state index is 12.6. The lowest BCUT2D eigenvalue weighted by atomic mass is 10.0. The molecule has 7 heteroatoms. The Balaban J connectivity index is 2.34. The summed E-state index contributed by atoms with van der Waals surface area (Å²) in [7, 11) is -3.50. The fourth-order valence-electron chi connectivity index (χ4n) is 2.32. The number of nitrogens with zero attached hydrogens (tertiary/aromatic N) is 1. The molecule has 1 aromatic carbocycles. The molecule has 1 fully saturated rings. The van der Waals surface area contributed by atoms with Gasteiger partial charge in [-0.1, -0.05) is 11.6 Å². The Bertz CT molecular complexity index is 579. The van der Waals surface area contributed by atoms with Gasteiger partial charge in [0.25, 0.3) is 0 Å². The third-order valence-corrected chi connectivity index (χ3v) is 6.60. The SMILES string of the molecule is C[C@H]1C[C@@H](N)CCN1S(=O)(=O)c1ccc(Br)c(Cl)c1. The summed E-state index contributed by atoms with van der Waals surface area (Å²) >= 11 is 9.22. The monoisotopic (exact) mass is 366 g/mol. The van der Waals surface area contributed by atoms with Gasteiger partial charge in [0.15, 0.2) is 0 Å². The molecule has 0 unspecified atom stereocenters. The first kappa shape index (κ1) is 15.3. The average Bonchev–Trinajstić information content (AvgIpc) is 2.32. The summed E-state index contributed by atoms with van der Waals surface area (Å²) < 4.78 is 27.4. The number of hydrogen-bond donors (Lipinski definition) is 1. The van der Waals surface area contributed by atoms with E-state index in [2.05, 4.69) is 15.9 Å². The lowest BCUT2D eigenvalue weighted by Gasteiger charge is -2.35. The maximum atomic E-state index is 12.6. The van der Waals surface area contributed by atoms with Gasteiger partial charge >= 0.3 is 0 Å². The second-order valence-electron chi connectivity index (χ2n) is 4.83. The van der Waals surface area contributed by atoms with Crippen LogP contribution in [0.15, 0.2) is 27.6 Å². The van der Waals surface area contributed by atoms with Crippen LogP contribution in [0.2, 0.25) is 5.02 Å². The molecule has 1 saturated heterocycles. The number of piperidine rings is 1. The summed E-state index contributed by atoms with van der Waals surface area (Å²) in [5.41, 5.74) is 5.86. The van der Waals surface area contributed by atoms with Crippen molar-refractivity contribution in [3.05, 3.63) is 27.7 Å². The van der Waals surface area contributed by atoms with E-state index in [1.54, 1.807) is 12.1 Å². The first-order valence-electron chi connectivity index (χ1n) is 6.05. The van der Waals surface area contributed by atoms with Crippen LogP contribution in [-0.4, -0.2) is 31.4 Å². The minimum absolute atomic E-state index is 0.0787. The molecule has 4 nitrogen and oxygen atoms in total. The molecule has 1 heterocycles. The Labute approximate surface area is 127 Å². The third kappa shape index (κ3) is 3.13. The largest absolute Gasteiger partial charge is 0.328 e. The van der Waals surface area contributed by atoms with E-state index in [0.717, 1.165) is 0 Å². The zero-order valence-electron chi connectivity index (χ0n) is 10.5. The van der Waals surface area contributed by atoms with Crippen molar-refractivity contribution >= 4 is 37.6 Å². The van der Waals surface area contributed by atoms with Crippen LogP contribution in [0.5, 0.6) is 0 Å². The molecule has 2 N–H and O–H groups in total. The molecule has 0 bridgehead atoms. The first-order valence-corrected chi connectivity index (χ1v) is 8.66. The quantitative estimate of drug-likeness (QED) is 0.874. The van der Waals surface area contributed by atoms with Crippen molar-refractivity contribution in [3.63, 3.8) is 0 Å². The number of nitrogens with two attached hydrogens (primary N) is 1. The summed E-state index contributed by atoms with van der Waals surface area (Å²) in [6.07, 6.45) is 1.37. The van der Waals surface area contributed by atoms with E-state index in [9.17, 15) is 8.42 Å². The van der Waals surface area contributed by atoms with Crippen molar-refractivity contribution in [2.24, 2.45) is 5.73 Å². The standard InChI is InChI=1S/C12H16BrClN2O2S/c1-8-6-9(15)4-5-16(8)19(17,18)10-2-3-11(13)12(14)7-10/h2-3,7-9H,4-6,15H2,1H3/t8-,9-/m0/s1. The highest BCUT2D eigenvalue weighted by molar-refractivity contribution is 9.10. The van der Waals surface area contributed by atoms with Gasteiger partial charge in [0.1, 0.15) is 0 Å². The van der Waals surface area contributed by atoms with Gasteiger partial charge < -0.3 is 5.73 Å². The lowest BCUT2D eigenvalue weighted by Crippen LogP contribution is -2.48. The Morgan fingerprint density at radius 3 is 2.74 bits per heavy atom. The molecule has 2 atom stereocenters. The molecule has 0 aliphatic carbocycles. The van der Waals surface area contributed by atoms with Crippen LogP contribution in [-0.2, 0) is 10.0 Å². The van der Waals surface area contributed by atoms with Crippen molar-refractivity contribution in [3.8, 4) is 0 Å². The molecule has 1 aromatic rings. The third-order valence-electron chi connectivity index (χ3n) is 3.35. The van der Waals surface area contributed by atoms with Gasteiger partial charge in [-0.25, -0.2) is 8.42 Å². The molecule has 0 amide bonds. The highest BCUT2D eigenvalue weighted by Gasteiger charge is 2.33. The molecule has 106 valence electrons. The summed E-state index contributed by atoms with van der Waals surface area (Å²) in [6.45, 7) is 2.34. The lowest BCUT2D eigenvalue weighted by molar-refractivity contribution is 0.247. The molecule has 2 rings (SSSR count). The van der Waals surface area contributed by atoms with Gasteiger partial charge in [-0.05, 0) is 53.9 Å². The molecular formula is C12H16BrClN2O2S. The van der Waals surface area contributed by atoms with Crippen LogP contribution in [0.1, 0.15) is 19.8 Å². The van der Waals surface area contributed by atoms with Gasteiger partial charge in [0.05, 0.1) is 9.92 Å². The van der Waals surface area contributed by atoms with Crippen LogP contribution in [0.4, 0.5) is 0 Å². The summed E-state index contributed by atoms with van der Waals surface area (Å²) in [5, 5.41) is 0.391. The Hall–Kier alpha value is -0.140. The normalized spacial score (nSPS) is 25.5. The van der Waals surface area contributed by atoms with E-state index in [1.165, 1.54) is 10.4 Å². The van der Waals surface area contributed by atoms with Crippen molar-refractivity contribution in [2.45, 2.75) is 36.7 Å². The highest BCUT2D eigenvalue weighted by atomic mass is 79.9. The topological polar surface area (TPSA) is 63.4 Å². The van der Waals surface area contributed by atoms with Gasteiger partial charge in [-0.15, -0.1) is 0 Å². The highest BCUT2D eigenvalue weighted by Crippen LogP contribution is 2.29. The maximum Gasteiger partial charge on any atom is 0.243 e. The van der Waals surface area contributed by atoms with Gasteiger partial charge in [-0.3, -0.25) is 0 Å². The number of hydrogen-bond acceptors (Lipinski definition) is 3. The molecule has 19 heavy (non-hydrogen) atoms. The summed E-state index contributed by atoms with van der Waals surface area (Å²) in [4.78, 5) is 0.225. The minimum Gasteiger partial charge on any atom is -0.328 e. The van der Waals surface area contributed by atoms with Crippen molar-refractivity contribution in [1.82, 2.24) is 4.31 Å². The molecule has 0 aromatic heterocycles. The molecule has 1 aliphatic rings. The molecular weight excluding hydrogens is 352 g/mol. The zero-order valence-corrected chi connectivity index (χ0v) is 13.7. The van der Waals surface area contributed by atoms with Crippen LogP contribution >= 0.6 is 27.5 Å². The number of sulfonamides is 1. The number of benzene rings is 1. The fraction of sp³-hybridized carbons (Fsp3) is 0.500. The molecule has 1 aliphatic heterocycles. The fourth-order valence-corrected chi connectivity index (χ4v) is 4.49. The van der Waals surface area contributed by atoms with E-state index in [0.29, 0.717) is 28.9 Å². The Kier molecular flexibility index (Phi) is 4.57. The van der Waals surface area contributed by atoms with E-state index >= 15 is 0 Å². The van der Waals surface area contributed by atoms with Crippen LogP contribution in [0.3, 0.4) is 0 Å². The number of halogens is 2. The Morgan fingerprint density at radius 1 is 1.47 bits per heavy atom. The van der Waals surface area contributed by atoms with Gasteiger partial charge in [0.2, 0.25) is 10.0 Å². The van der Waals surface area contributed by atoms with E-state index in [-0.39, 0.29) is 17.0 Å². The van der Waals surface area contributed by atoms with Crippen molar-refractivity contribution in [1.29, 1.82) is 0 Å². The van der Waals surface area contributed by atoms with Crippen LogP contribution in [0.25, 0.3) is 0 Å². The minimum atomic E-state index is -3.50. The molecule has 0 saturated carbocycles. The van der Waals surface area contributed by atoms with Crippen molar-refractivity contribution < 1.29 is 8.42 Å². The number of rotatable bonds is 2. The molecule has 0 radical (unpaired) electrons. The van der Waals surface area contributed by atoms with Gasteiger partial charge in [0, 0.05) is 23.1 Å². The molecule has 0 spiro atoms. The van der Waals surface area contributed by atoms with Crippen LogP contribution in [0, 0.1) is 0 Å². The second-order valence-corrected chi connectivity index (χ2v) is 7.98. The van der Waals surface area contributed by atoms with E-state index in [1.807, 2.05) is 6.92 Å². The summed E-state index contributed by atoms with van der Waals surface area (Å²) in [6, 6.07) is 4.68. The predicted octanol–water partition coefficient (Wildman–Crippen LogP) is 2.60.